The molecule has 0 aliphatic carbocycles. The second-order valence-corrected chi connectivity index (χ2v) is 7.44. The number of nitrogens with zero attached hydrogens (tertiary/aromatic N) is 1. The molecule has 1 saturated heterocycles. The number of ether oxygens (including phenoxy) is 1. The van der Waals surface area contributed by atoms with Crippen molar-refractivity contribution in [2.45, 2.75) is 85.0 Å². The molecule has 0 saturated carbocycles. The molecule has 0 aromatic heterocycles. The van der Waals surface area contributed by atoms with Crippen molar-refractivity contribution in [3.05, 3.63) is 35.4 Å². The van der Waals surface area contributed by atoms with Gasteiger partial charge in [0.2, 0.25) is 0 Å². The topological polar surface area (TPSA) is 12.5 Å². The van der Waals surface area contributed by atoms with Gasteiger partial charge < -0.3 is 9.64 Å². The molecule has 1 fully saturated rings. The first kappa shape index (κ1) is 29.0. The van der Waals surface area contributed by atoms with Gasteiger partial charge in [0.05, 0.1) is 6.61 Å². The van der Waals surface area contributed by atoms with Crippen LogP contribution < -0.4 is 0 Å². The predicted octanol–water partition coefficient (Wildman–Crippen LogP) is 7.09. The van der Waals surface area contributed by atoms with Crippen LogP contribution in [0.4, 0.5) is 13.2 Å². The SMILES string of the molecule is CC.CC.CCOCCN1CCC(c2ccc(C([B]C(C)C)C(F)(F)F)cc2)CC1. The van der Waals surface area contributed by atoms with Crippen LogP contribution in [0.2, 0.25) is 5.82 Å². The first-order valence-electron chi connectivity index (χ1n) is 11.6. The number of hydrogen-bond donors (Lipinski definition) is 0. The maximum atomic E-state index is 13.3. The number of piperidine rings is 1. The van der Waals surface area contributed by atoms with Crippen LogP contribution in [0.1, 0.15) is 84.2 Å². The van der Waals surface area contributed by atoms with Crippen molar-refractivity contribution >= 4 is 7.28 Å². The van der Waals surface area contributed by atoms with Crippen LogP contribution in [0.3, 0.4) is 0 Å². The van der Waals surface area contributed by atoms with Crippen molar-refractivity contribution in [2.75, 3.05) is 32.8 Å². The van der Waals surface area contributed by atoms with E-state index in [-0.39, 0.29) is 5.82 Å². The van der Waals surface area contributed by atoms with Crippen molar-refractivity contribution in [3.8, 4) is 0 Å². The third-order valence-corrected chi connectivity index (χ3v) is 5.04. The van der Waals surface area contributed by atoms with Gasteiger partial charge in [0, 0.05) is 19.0 Å². The third-order valence-electron chi connectivity index (χ3n) is 5.04. The fraction of sp³-hybridized carbons (Fsp3) is 0.750. The van der Waals surface area contributed by atoms with Crippen LogP contribution in [-0.2, 0) is 4.74 Å². The largest absolute Gasteiger partial charge is 0.388 e. The van der Waals surface area contributed by atoms with Crippen LogP contribution in [0, 0.1) is 0 Å². The van der Waals surface area contributed by atoms with E-state index in [4.69, 9.17) is 4.74 Å². The van der Waals surface area contributed by atoms with Crippen LogP contribution in [0.15, 0.2) is 24.3 Å². The molecule has 1 aromatic carbocycles. The highest BCUT2D eigenvalue weighted by Crippen LogP contribution is 2.37. The molecule has 0 spiro atoms. The lowest BCUT2D eigenvalue weighted by molar-refractivity contribution is -0.132. The normalized spacial score (nSPS) is 16.2. The van der Waals surface area contributed by atoms with Crippen molar-refractivity contribution in [3.63, 3.8) is 0 Å². The van der Waals surface area contributed by atoms with Crippen LogP contribution in [0.5, 0.6) is 0 Å². The molecule has 0 amide bonds. The molecule has 30 heavy (non-hydrogen) atoms. The summed E-state index contributed by atoms with van der Waals surface area (Å²) in [4.78, 5) is 2.40. The summed E-state index contributed by atoms with van der Waals surface area (Å²) >= 11 is 0. The predicted molar refractivity (Wildman–Crippen MR) is 124 cm³/mol. The minimum absolute atomic E-state index is 0.109. The molecule has 1 atom stereocenters. The average molecular weight is 428 g/mol. The number of hydrogen-bond acceptors (Lipinski definition) is 2. The van der Waals surface area contributed by atoms with Gasteiger partial charge in [-0.15, -0.1) is 0 Å². The number of likely N-dealkylation sites (tertiary alicyclic amines) is 1. The third kappa shape index (κ3) is 10.3. The molecule has 1 unspecified atom stereocenters. The first-order valence-corrected chi connectivity index (χ1v) is 11.6. The highest BCUT2D eigenvalue weighted by molar-refractivity contribution is 6.40. The van der Waals surface area contributed by atoms with Gasteiger partial charge in [-0.25, -0.2) is 0 Å². The van der Waals surface area contributed by atoms with Gasteiger partial charge >= 0.3 is 6.18 Å². The zero-order valence-corrected chi connectivity index (χ0v) is 20.1. The Labute approximate surface area is 183 Å². The number of rotatable bonds is 8. The Morgan fingerprint density at radius 1 is 1.03 bits per heavy atom. The first-order chi connectivity index (χ1) is 14.3. The summed E-state index contributed by atoms with van der Waals surface area (Å²) < 4.78 is 45.4. The van der Waals surface area contributed by atoms with Gasteiger partial charge in [-0.2, -0.15) is 13.2 Å². The molecule has 1 radical (unpaired) electrons. The highest BCUT2D eigenvalue weighted by Gasteiger charge is 2.41. The van der Waals surface area contributed by atoms with Gasteiger partial charge in [-0.3, -0.25) is 0 Å². The minimum atomic E-state index is -4.24. The van der Waals surface area contributed by atoms with Crippen LogP contribution >= 0.6 is 0 Å². The van der Waals surface area contributed by atoms with E-state index >= 15 is 0 Å². The lowest BCUT2D eigenvalue weighted by atomic mass is 9.53. The summed E-state index contributed by atoms with van der Waals surface area (Å²) in [6.07, 6.45) is -2.14. The van der Waals surface area contributed by atoms with E-state index in [1.54, 1.807) is 26.0 Å². The number of halogens is 3. The molecule has 173 valence electrons. The monoisotopic (exact) mass is 428 g/mol. The van der Waals surface area contributed by atoms with E-state index < -0.39 is 12.0 Å². The lowest BCUT2D eigenvalue weighted by Crippen LogP contribution is -2.35. The Balaban J connectivity index is 0.00000198. The highest BCUT2D eigenvalue weighted by atomic mass is 19.4. The fourth-order valence-electron chi connectivity index (χ4n) is 3.60. The summed E-state index contributed by atoms with van der Waals surface area (Å²) in [7, 11) is 1.38. The molecule has 6 heteroatoms. The number of alkyl halides is 3. The Kier molecular flexibility index (Phi) is 15.2. The van der Waals surface area contributed by atoms with E-state index in [1.807, 2.05) is 46.8 Å². The van der Waals surface area contributed by atoms with Crippen molar-refractivity contribution in [1.29, 1.82) is 0 Å². The summed E-state index contributed by atoms with van der Waals surface area (Å²) in [5.41, 5.74) is 1.49. The zero-order valence-electron chi connectivity index (χ0n) is 20.1. The van der Waals surface area contributed by atoms with E-state index in [0.717, 1.165) is 51.3 Å². The molecular formula is C24H42BF3NO. The van der Waals surface area contributed by atoms with E-state index in [0.29, 0.717) is 11.5 Å². The smallest absolute Gasteiger partial charge is 0.380 e. The fourth-order valence-corrected chi connectivity index (χ4v) is 3.60. The quantitative estimate of drug-likeness (QED) is 0.324. The molecule has 1 aliphatic rings. The Bertz CT molecular complexity index is 526. The maximum absolute atomic E-state index is 13.3. The molecule has 1 aromatic rings. The van der Waals surface area contributed by atoms with Gasteiger partial charge in [-0.05, 0) is 49.9 Å². The van der Waals surface area contributed by atoms with E-state index in [9.17, 15) is 13.2 Å². The Hall–Kier alpha value is -1.01. The molecule has 2 rings (SSSR count). The number of benzene rings is 1. The second-order valence-electron chi connectivity index (χ2n) is 7.44. The minimum Gasteiger partial charge on any atom is -0.380 e. The van der Waals surface area contributed by atoms with Crippen molar-refractivity contribution in [2.24, 2.45) is 0 Å². The van der Waals surface area contributed by atoms with E-state index in [1.165, 1.54) is 7.28 Å². The van der Waals surface area contributed by atoms with Crippen LogP contribution in [-0.4, -0.2) is 51.2 Å². The molecule has 1 heterocycles. The average Bonchev–Trinajstić information content (AvgIpc) is 2.75. The summed E-state index contributed by atoms with van der Waals surface area (Å²) in [6, 6.07) is 7.10. The molecular weight excluding hydrogens is 386 g/mol. The van der Waals surface area contributed by atoms with Gasteiger partial charge in [0.25, 0.3) is 0 Å². The lowest BCUT2D eigenvalue weighted by Gasteiger charge is -2.32. The maximum Gasteiger partial charge on any atom is 0.388 e. The summed E-state index contributed by atoms with van der Waals surface area (Å²) in [5, 5.41) is 0. The standard InChI is InChI=1S/C20H30BF3NO.2C2H6/c1-4-26-14-13-25-11-9-17(10-12-25)16-5-7-18(8-6-16)19(20(22,23)24)21-15(2)3;2*1-2/h5-8,15,17,19H,4,9-14H2,1-3H3;2*1-2H3. The molecule has 1 aliphatic heterocycles. The molecule has 2 nitrogen and oxygen atoms in total. The second kappa shape index (κ2) is 15.7. The molecule has 0 N–H and O–H groups in total. The van der Waals surface area contributed by atoms with Crippen molar-refractivity contribution in [1.82, 2.24) is 4.90 Å². The Morgan fingerprint density at radius 3 is 2.00 bits per heavy atom. The Morgan fingerprint density at radius 2 is 1.57 bits per heavy atom. The summed E-state index contributed by atoms with van der Waals surface area (Å²) in [6.45, 7) is 18.1. The van der Waals surface area contributed by atoms with Gasteiger partial charge in [-0.1, -0.05) is 71.6 Å². The van der Waals surface area contributed by atoms with Gasteiger partial charge in [0.1, 0.15) is 7.28 Å². The van der Waals surface area contributed by atoms with Gasteiger partial charge in [0.15, 0.2) is 0 Å². The van der Waals surface area contributed by atoms with Crippen molar-refractivity contribution < 1.29 is 17.9 Å². The molecule has 0 bridgehead atoms. The zero-order chi connectivity index (χ0) is 23.2. The summed E-state index contributed by atoms with van der Waals surface area (Å²) in [5.74, 6) is -1.16. The van der Waals surface area contributed by atoms with E-state index in [2.05, 4.69) is 4.90 Å². The van der Waals surface area contributed by atoms with Crippen LogP contribution in [0.25, 0.3) is 0 Å².